The average Bonchev–Trinajstić information content (AvgIpc) is 3.30. The molecule has 30 heavy (non-hydrogen) atoms. The number of hydrogen-bond acceptors (Lipinski definition) is 5. The van der Waals surface area contributed by atoms with Crippen molar-refractivity contribution in [1.82, 2.24) is 14.9 Å². The summed E-state index contributed by atoms with van der Waals surface area (Å²) in [6.45, 7) is 8.01. The standard InChI is InChI=1S/C23H27N3O2S2/c1-13-9-10-14(2)18(11-13)26-22(28)20-15(3)16(4)30-21(20)25-23(26)29-12-19(27)24-17-7-5-6-8-17/h9-11,17H,5-8,12H2,1-4H3,(H,24,27). The number of carbonyl (C=O) groups is 1. The molecular formula is C23H27N3O2S2. The van der Waals surface area contributed by atoms with Gasteiger partial charge >= 0.3 is 0 Å². The van der Waals surface area contributed by atoms with Crippen molar-refractivity contribution in [2.75, 3.05) is 5.75 Å². The van der Waals surface area contributed by atoms with Gasteiger partial charge in [-0.05, 0) is 63.3 Å². The summed E-state index contributed by atoms with van der Waals surface area (Å²) in [5.41, 5.74) is 3.84. The third-order valence-corrected chi connectivity index (χ3v) is 7.87. The van der Waals surface area contributed by atoms with E-state index in [2.05, 4.69) is 5.32 Å². The Bertz CT molecular complexity index is 1170. The lowest BCUT2D eigenvalue weighted by atomic mass is 10.1. The number of thioether (sulfide) groups is 1. The monoisotopic (exact) mass is 441 g/mol. The Morgan fingerprint density at radius 2 is 1.97 bits per heavy atom. The van der Waals surface area contributed by atoms with Crippen molar-refractivity contribution in [2.24, 2.45) is 0 Å². The number of thiophene rings is 1. The Hall–Kier alpha value is -2.12. The number of carbonyl (C=O) groups excluding carboxylic acids is 1. The molecule has 7 heteroatoms. The van der Waals surface area contributed by atoms with Gasteiger partial charge in [0, 0.05) is 10.9 Å². The number of benzene rings is 1. The third-order valence-electron chi connectivity index (χ3n) is 5.83. The highest BCUT2D eigenvalue weighted by Gasteiger charge is 2.21. The zero-order valence-electron chi connectivity index (χ0n) is 17.9. The summed E-state index contributed by atoms with van der Waals surface area (Å²) in [6, 6.07) is 6.37. The Kier molecular flexibility index (Phi) is 6.02. The van der Waals surface area contributed by atoms with Crippen LogP contribution in [0.4, 0.5) is 0 Å². The van der Waals surface area contributed by atoms with Gasteiger partial charge < -0.3 is 5.32 Å². The fourth-order valence-corrected chi connectivity index (χ4v) is 5.90. The number of hydrogen-bond donors (Lipinski definition) is 1. The van der Waals surface area contributed by atoms with Crippen LogP contribution in [0.1, 0.15) is 47.3 Å². The van der Waals surface area contributed by atoms with Crippen LogP contribution in [0.15, 0.2) is 28.2 Å². The maximum absolute atomic E-state index is 13.6. The van der Waals surface area contributed by atoms with Crippen LogP contribution < -0.4 is 10.9 Å². The molecule has 4 rings (SSSR count). The first-order chi connectivity index (χ1) is 14.3. The van der Waals surface area contributed by atoms with Crippen LogP contribution in [-0.2, 0) is 4.79 Å². The average molecular weight is 442 g/mol. The molecule has 1 fully saturated rings. The fraction of sp³-hybridized carbons (Fsp3) is 0.435. The van der Waals surface area contributed by atoms with Gasteiger partial charge in [0.15, 0.2) is 5.16 Å². The molecule has 1 aliphatic rings. The number of aryl methyl sites for hydroxylation is 4. The van der Waals surface area contributed by atoms with Crippen LogP contribution in [0.3, 0.4) is 0 Å². The largest absolute Gasteiger partial charge is 0.353 e. The highest BCUT2D eigenvalue weighted by molar-refractivity contribution is 7.99. The second-order valence-corrected chi connectivity index (χ2v) is 10.3. The molecule has 0 spiro atoms. The second kappa shape index (κ2) is 8.55. The van der Waals surface area contributed by atoms with Crippen LogP contribution in [0, 0.1) is 27.7 Å². The van der Waals surface area contributed by atoms with E-state index in [9.17, 15) is 9.59 Å². The summed E-state index contributed by atoms with van der Waals surface area (Å²) < 4.78 is 1.69. The first-order valence-electron chi connectivity index (χ1n) is 10.4. The molecule has 0 aliphatic heterocycles. The molecule has 5 nitrogen and oxygen atoms in total. The topological polar surface area (TPSA) is 64.0 Å². The van der Waals surface area contributed by atoms with E-state index in [1.807, 2.05) is 45.9 Å². The maximum Gasteiger partial charge on any atom is 0.267 e. The summed E-state index contributed by atoms with van der Waals surface area (Å²) in [7, 11) is 0. The molecule has 2 heterocycles. The van der Waals surface area contributed by atoms with E-state index in [0.717, 1.165) is 44.9 Å². The van der Waals surface area contributed by atoms with Crippen molar-refractivity contribution >= 4 is 39.2 Å². The molecule has 1 amide bonds. The van der Waals surface area contributed by atoms with Crippen molar-refractivity contribution in [3.63, 3.8) is 0 Å². The van der Waals surface area contributed by atoms with Gasteiger partial charge in [-0.2, -0.15) is 0 Å². The van der Waals surface area contributed by atoms with E-state index in [1.165, 1.54) is 24.6 Å². The first-order valence-corrected chi connectivity index (χ1v) is 12.2. The van der Waals surface area contributed by atoms with Gasteiger partial charge in [0.05, 0.1) is 16.8 Å². The SMILES string of the molecule is Cc1ccc(C)c(-n2c(SCC(=O)NC3CCCC3)nc3sc(C)c(C)c3c2=O)c1. The lowest BCUT2D eigenvalue weighted by Crippen LogP contribution is -2.34. The number of fused-ring (bicyclic) bond motifs is 1. The third kappa shape index (κ3) is 4.05. The quantitative estimate of drug-likeness (QED) is 0.455. The van der Waals surface area contributed by atoms with Crippen LogP contribution in [-0.4, -0.2) is 27.3 Å². The summed E-state index contributed by atoms with van der Waals surface area (Å²) in [6.07, 6.45) is 4.47. The molecule has 1 N–H and O–H groups in total. The Labute approximate surface area is 184 Å². The molecule has 2 aromatic heterocycles. The molecule has 0 saturated heterocycles. The molecule has 158 valence electrons. The minimum Gasteiger partial charge on any atom is -0.353 e. The molecule has 0 radical (unpaired) electrons. The molecule has 1 aliphatic carbocycles. The highest BCUT2D eigenvalue weighted by Crippen LogP contribution is 2.30. The van der Waals surface area contributed by atoms with Gasteiger partial charge in [0.2, 0.25) is 5.91 Å². The predicted octanol–water partition coefficient (Wildman–Crippen LogP) is 4.83. The highest BCUT2D eigenvalue weighted by atomic mass is 32.2. The van der Waals surface area contributed by atoms with Gasteiger partial charge in [-0.3, -0.25) is 14.2 Å². The lowest BCUT2D eigenvalue weighted by Gasteiger charge is -2.16. The van der Waals surface area contributed by atoms with Crippen LogP contribution in [0.5, 0.6) is 0 Å². The summed E-state index contributed by atoms with van der Waals surface area (Å²) in [4.78, 5) is 32.8. The van der Waals surface area contributed by atoms with Gasteiger partial charge in [0.1, 0.15) is 4.83 Å². The van der Waals surface area contributed by atoms with Gasteiger partial charge in [-0.1, -0.05) is 36.7 Å². The molecule has 1 saturated carbocycles. The van der Waals surface area contributed by atoms with E-state index in [1.54, 1.807) is 15.9 Å². The van der Waals surface area contributed by atoms with Crippen molar-refractivity contribution in [3.8, 4) is 5.69 Å². The van der Waals surface area contributed by atoms with Crippen molar-refractivity contribution in [3.05, 3.63) is 50.1 Å². The zero-order chi connectivity index (χ0) is 21.4. The number of aromatic nitrogens is 2. The lowest BCUT2D eigenvalue weighted by molar-refractivity contribution is -0.119. The van der Waals surface area contributed by atoms with E-state index < -0.39 is 0 Å². The molecule has 0 unspecified atom stereocenters. The number of amides is 1. The molecular weight excluding hydrogens is 414 g/mol. The second-order valence-electron chi connectivity index (χ2n) is 8.13. The van der Waals surface area contributed by atoms with Crippen molar-refractivity contribution in [2.45, 2.75) is 64.6 Å². The number of nitrogens with one attached hydrogen (secondary N) is 1. The minimum atomic E-state index is -0.0609. The van der Waals surface area contributed by atoms with E-state index in [-0.39, 0.29) is 23.3 Å². The number of rotatable bonds is 5. The van der Waals surface area contributed by atoms with Crippen LogP contribution in [0.2, 0.25) is 0 Å². The summed E-state index contributed by atoms with van der Waals surface area (Å²) >= 11 is 2.88. The smallest absolute Gasteiger partial charge is 0.267 e. The Balaban J connectivity index is 1.76. The van der Waals surface area contributed by atoms with Gasteiger partial charge in [0.25, 0.3) is 5.56 Å². The Morgan fingerprint density at radius 1 is 1.23 bits per heavy atom. The van der Waals surface area contributed by atoms with Crippen LogP contribution in [0.25, 0.3) is 15.9 Å². The summed E-state index contributed by atoms with van der Waals surface area (Å²) in [5.74, 6) is 0.259. The van der Waals surface area contributed by atoms with Crippen molar-refractivity contribution < 1.29 is 4.79 Å². The Morgan fingerprint density at radius 3 is 2.70 bits per heavy atom. The fourth-order valence-electron chi connectivity index (χ4n) is 4.01. The van der Waals surface area contributed by atoms with Crippen LogP contribution >= 0.6 is 23.1 Å². The molecule has 0 atom stereocenters. The number of nitrogens with zero attached hydrogens (tertiary/aromatic N) is 2. The van der Waals surface area contributed by atoms with Crippen molar-refractivity contribution in [1.29, 1.82) is 0 Å². The van der Waals surface area contributed by atoms with E-state index in [0.29, 0.717) is 10.5 Å². The summed E-state index contributed by atoms with van der Waals surface area (Å²) in [5, 5.41) is 4.37. The predicted molar refractivity (Wildman–Crippen MR) is 125 cm³/mol. The van der Waals surface area contributed by atoms with E-state index >= 15 is 0 Å². The first kappa shape index (κ1) is 21.1. The normalized spacial score (nSPS) is 14.5. The van der Waals surface area contributed by atoms with Gasteiger partial charge in [-0.25, -0.2) is 4.98 Å². The van der Waals surface area contributed by atoms with Gasteiger partial charge in [-0.15, -0.1) is 11.3 Å². The minimum absolute atomic E-state index is 0.00676. The molecule has 0 bridgehead atoms. The zero-order valence-corrected chi connectivity index (χ0v) is 19.5. The van der Waals surface area contributed by atoms with E-state index in [4.69, 9.17) is 4.98 Å². The maximum atomic E-state index is 13.6. The molecule has 3 aromatic rings. The molecule has 1 aromatic carbocycles.